The Balaban J connectivity index is 1.48. The van der Waals surface area contributed by atoms with Gasteiger partial charge in [-0.05, 0) is 70.5 Å². The maximum absolute atomic E-state index is 6.10. The summed E-state index contributed by atoms with van der Waals surface area (Å²) in [6.07, 6.45) is 15.3. The summed E-state index contributed by atoms with van der Waals surface area (Å²) in [5.41, 5.74) is 7.30. The van der Waals surface area contributed by atoms with Crippen LogP contribution in [0.4, 0.5) is 0 Å². The van der Waals surface area contributed by atoms with E-state index in [1.54, 1.807) is 0 Å². The first-order chi connectivity index (χ1) is 20.8. The van der Waals surface area contributed by atoms with Crippen LogP contribution in [0.15, 0.2) is 97.1 Å². The molecule has 2 nitrogen and oxygen atoms in total. The van der Waals surface area contributed by atoms with Crippen molar-refractivity contribution < 1.29 is 9.47 Å². The SMILES string of the molecule is CCCCCCCCOc1ccc(-c2cccc(-c3ccccc3)c2-c2ccc(OCCCCCCCC)cc2)cc1. The van der Waals surface area contributed by atoms with E-state index >= 15 is 0 Å². The fourth-order valence-corrected chi connectivity index (χ4v) is 5.56. The molecule has 0 aromatic heterocycles. The van der Waals surface area contributed by atoms with Gasteiger partial charge in [0, 0.05) is 0 Å². The molecule has 0 bridgehead atoms. The highest BCUT2D eigenvalue weighted by atomic mass is 16.5. The van der Waals surface area contributed by atoms with Gasteiger partial charge in [0.2, 0.25) is 0 Å². The van der Waals surface area contributed by atoms with Crippen LogP contribution in [0, 0.1) is 0 Å². The van der Waals surface area contributed by atoms with Crippen LogP contribution < -0.4 is 9.47 Å². The van der Waals surface area contributed by atoms with Crippen LogP contribution in [-0.2, 0) is 0 Å². The summed E-state index contributed by atoms with van der Waals surface area (Å²) >= 11 is 0. The second kappa shape index (κ2) is 18.1. The predicted octanol–water partition coefficient (Wildman–Crippen LogP) is 12.2. The van der Waals surface area contributed by atoms with E-state index in [4.69, 9.17) is 9.47 Å². The molecule has 222 valence electrons. The Bertz CT molecular complexity index is 1280. The van der Waals surface area contributed by atoms with Crippen LogP contribution in [0.25, 0.3) is 33.4 Å². The maximum Gasteiger partial charge on any atom is 0.119 e. The van der Waals surface area contributed by atoms with E-state index in [2.05, 4.69) is 111 Å². The minimum Gasteiger partial charge on any atom is -0.494 e. The first-order valence-electron chi connectivity index (χ1n) is 16.4. The second-order valence-corrected chi connectivity index (χ2v) is 11.4. The summed E-state index contributed by atoms with van der Waals surface area (Å²) in [7, 11) is 0. The topological polar surface area (TPSA) is 18.5 Å². The molecular weight excluding hydrogens is 512 g/mol. The molecule has 0 N–H and O–H groups in total. The number of hydrogen-bond donors (Lipinski definition) is 0. The Morgan fingerprint density at radius 2 is 0.810 bits per heavy atom. The molecule has 4 rings (SSSR count). The summed E-state index contributed by atoms with van der Waals surface area (Å²) in [5, 5.41) is 0. The second-order valence-electron chi connectivity index (χ2n) is 11.4. The zero-order valence-electron chi connectivity index (χ0n) is 26.0. The molecule has 2 heteroatoms. The van der Waals surface area contributed by atoms with Crippen LogP contribution in [0.1, 0.15) is 90.9 Å². The highest BCUT2D eigenvalue weighted by molar-refractivity contribution is 5.94. The molecule has 0 aliphatic carbocycles. The van der Waals surface area contributed by atoms with Gasteiger partial charge in [0.1, 0.15) is 11.5 Å². The number of benzene rings is 4. The van der Waals surface area contributed by atoms with Gasteiger partial charge in [-0.2, -0.15) is 0 Å². The molecule has 0 heterocycles. The first-order valence-corrected chi connectivity index (χ1v) is 16.4. The standard InChI is InChI=1S/C40H50O2/c1-3-5-7-9-11-16-31-41-36-27-23-34(24-28-36)39-22-18-21-38(33-19-14-13-15-20-33)40(39)35-25-29-37(30-26-35)42-32-17-12-10-8-6-4-2/h13-15,18-30H,3-12,16-17,31-32H2,1-2H3. The van der Waals surface area contributed by atoms with E-state index in [0.717, 1.165) is 37.6 Å². The van der Waals surface area contributed by atoms with Crippen LogP contribution in [0.3, 0.4) is 0 Å². The van der Waals surface area contributed by atoms with Crippen molar-refractivity contribution >= 4 is 0 Å². The van der Waals surface area contributed by atoms with Crippen LogP contribution in [0.5, 0.6) is 11.5 Å². The smallest absolute Gasteiger partial charge is 0.119 e. The lowest BCUT2D eigenvalue weighted by Crippen LogP contribution is -1.98. The number of rotatable bonds is 19. The summed E-state index contributed by atoms with van der Waals surface area (Å²) in [5.74, 6) is 1.89. The van der Waals surface area contributed by atoms with Crippen molar-refractivity contribution in [3.05, 3.63) is 97.1 Å². The highest BCUT2D eigenvalue weighted by Gasteiger charge is 2.14. The predicted molar refractivity (Wildman–Crippen MR) is 180 cm³/mol. The lowest BCUT2D eigenvalue weighted by molar-refractivity contribution is 0.304. The van der Waals surface area contributed by atoms with Crippen molar-refractivity contribution in [1.82, 2.24) is 0 Å². The fourth-order valence-electron chi connectivity index (χ4n) is 5.56. The zero-order valence-corrected chi connectivity index (χ0v) is 26.0. The van der Waals surface area contributed by atoms with Crippen molar-refractivity contribution in [2.24, 2.45) is 0 Å². The molecule has 42 heavy (non-hydrogen) atoms. The normalized spacial score (nSPS) is 11.0. The van der Waals surface area contributed by atoms with Gasteiger partial charge in [0.25, 0.3) is 0 Å². The molecule has 0 radical (unpaired) electrons. The molecule has 4 aromatic carbocycles. The van der Waals surface area contributed by atoms with Gasteiger partial charge in [-0.3, -0.25) is 0 Å². The highest BCUT2D eigenvalue weighted by Crippen LogP contribution is 2.40. The Hall–Kier alpha value is -3.52. The van der Waals surface area contributed by atoms with Crippen LogP contribution >= 0.6 is 0 Å². The monoisotopic (exact) mass is 562 g/mol. The van der Waals surface area contributed by atoms with Gasteiger partial charge in [0.05, 0.1) is 13.2 Å². The van der Waals surface area contributed by atoms with Gasteiger partial charge in [-0.1, -0.05) is 151 Å². The molecule has 0 amide bonds. The minimum absolute atomic E-state index is 0.782. The molecule has 0 fully saturated rings. The average molecular weight is 563 g/mol. The number of ether oxygens (including phenoxy) is 2. The summed E-state index contributed by atoms with van der Waals surface area (Å²) in [6, 6.07) is 34.6. The molecule has 4 aromatic rings. The molecule has 0 saturated carbocycles. The summed E-state index contributed by atoms with van der Waals surface area (Å²) < 4.78 is 12.2. The third-order valence-corrected chi connectivity index (χ3v) is 7.99. The van der Waals surface area contributed by atoms with Crippen molar-refractivity contribution in [2.45, 2.75) is 90.9 Å². The molecule has 0 unspecified atom stereocenters. The van der Waals surface area contributed by atoms with Gasteiger partial charge >= 0.3 is 0 Å². The molecule has 0 atom stereocenters. The van der Waals surface area contributed by atoms with Crippen molar-refractivity contribution in [2.75, 3.05) is 13.2 Å². The Labute approximate surface area is 255 Å². The number of unbranched alkanes of at least 4 members (excludes halogenated alkanes) is 10. The largest absolute Gasteiger partial charge is 0.494 e. The molecular formula is C40H50O2. The molecule has 0 saturated heterocycles. The van der Waals surface area contributed by atoms with Gasteiger partial charge in [0.15, 0.2) is 0 Å². The van der Waals surface area contributed by atoms with Gasteiger partial charge in [-0.25, -0.2) is 0 Å². The maximum atomic E-state index is 6.10. The third-order valence-electron chi connectivity index (χ3n) is 7.99. The lowest BCUT2D eigenvalue weighted by atomic mass is 9.87. The van der Waals surface area contributed by atoms with Crippen LogP contribution in [0.2, 0.25) is 0 Å². The van der Waals surface area contributed by atoms with E-state index < -0.39 is 0 Å². The fraction of sp³-hybridized carbons (Fsp3) is 0.400. The molecule has 0 spiro atoms. The Morgan fingerprint density at radius 1 is 0.381 bits per heavy atom. The average Bonchev–Trinajstić information content (AvgIpc) is 3.04. The minimum atomic E-state index is 0.782. The van der Waals surface area contributed by atoms with Gasteiger partial charge in [-0.15, -0.1) is 0 Å². The van der Waals surface area contributed by atoms with E-state index in [9.17, 15) is 0 Å². The molecule has 0 aliphatic rings. The third kappa shape index (κ3) is 9.79. The summed E-state index contributed by atoms with van der Waals surface area (Å²) in [6.45, 7) is 6.09. The molecule has 0 aliphatic heterocycles. The Kier molecular flexibility index (Phi) is 13.5. The van der Waals surface area contributed by atoms with Gasteiger partial charge < -0.3 is 9.47 Å². The van der Waals surface area contributed by atoms with Crippen molar-refractivity contribution in [1.29, 1.82) is 0 Å². The zero-order chi connectivity index (χ0) is 29.2. The van der Waals surface area contributed by atoms with Crippen molar-refractivity contribution in [3.63, 3.8) is 0 Å². The lowest BCUT2D eigenvalue weighted by Gasteiger charge is -2.17. The van der Waals surface area contributed by atoms with E-state index in [1.165, 1.54) is 97.6 Å². The van der Waals surface area contributed by atoms with E-state index in [1.807, 2.05) is 0 Å². The summed E-state index contributed by atoms with van der Waals surface area (Å²) in [4.78, 5) is 0. The first kappa shape index (κ1) is 31.4. The quantitative estimate of drug-likeness (QED) is 0.106. The van der Waals surface area contributed by atoms with Crippen LogP contribution in [-0.4, -0.2) is 13.2 Å². The van der Waals surface area contributed by atoms with E-state index in [-0.39, 0.29) is 0 Å². The van der Waals surface area contributed by atoms with Crippen molar-refractivity contribution in [3.8, 4) is 44.9 Å². The Morgan fingerprint density at radius 3 is 1.31 bits per heavy atom. The number of hydrogen-bond acceptors (Lipinski definition) is 2. The van der Waals surface area contributed by atoms with E-state index in [0.29, 0.717) is 0 Å².